The number of nitrogens with zero attached hydrogens (tertiary/aromatic N) is 2. The zero-order valence-corrected chi connectivity index (χ0v) is 11.4. The highest BCUT2D eigenvalue weighted by Crippen LogP contribution is 2.28. The lowest BCUT2D eigenvalue weighted by molar-refractivity contribution is -0.385. The summed E-state index contributed by atoms with van der Waals surface area (Å²) in [6, 6.07) is 10.5. The van der Waals surface area contributed by atoms with Crippen molar-refractivity contribution in [1.29, 1.82) is 0 Å². The summed E-state index contributed by atoms with van der Waals surface area (Å²) in [4.78, 5) is 20.5. The van der Waals surface area contributed by atoms with Crippen LogP contribution in [0.25, 0.3) is 0 Å². The van der Waals surface area contributed by atoms with E-state index in [-0.39, 0.29) is 22.9 Å². The lowest BCUT2D eigenvalue weighted by Crippen LogP contribution is -2.03. The largest absolute Gasteiger partial charge is 0.381 e. The molecule has 0 aromatic heterocycles. The number of nitrogens with one attached hydrogen (secondary N) is 1. The lowest BCUT2D eigenvalue weighted by atomic mass is 10.1. The molecule has 0 spiro atoms. The van der Waals surface area contributed by atoms with Crippen LogP contribution in [0.4, 0.5) is 17.1 Å². The van der Waals surface area contributed by atoms with Gasteiger partial charge in [0.25, 0.3) is 11.4 Å². The molecular weight excluding hydrogens is 298 g/mol. The summed E-state index contributed by atoms with van der Waals surface area (Å²) in [6.07, 6.45) is 0. The van der Waals surface area contributed by atoms with E-state index < -0.39 is 9.85 Å². The van der Waals surface area contributed by atoms with Crippen molar-refractivity contribution in [3.05, 3.63) is 73.3 Å². The zero-order valence-electron chi connectivity index (χ0n) is 10.7. The normalized spacial score (nSPS) is 10.1. The Labute approximate surface area is 124 Å². The van der Waals surface area contributed by atoms with E-state index in [1.807, 2.05) is 0 Å². The van der Waals surface area contributed by atoms with E-state index >= 15 is 0 Å². The Morgan fingerprint density at radius 2 is 1.67 bits per heavy atom. The molecule has 8 heteroatoms. The highest BCUT2D eigenvalue weighted by Gasteiger charge is 2.14. The van der Waals surface area contributed by atoms with Crippen LogP contribution in [0, 0.1) is 20.2 Å². The molecular formula is C13H10ClN3O4. The van der Waals surface area contributed by atoms with Gasteiger partial charge in [-0.1, -0.05) is 29.8 Å². The van der Waals surface area contributed by atoms with Gasteiger partial charge in [-0.15, -0.1) is 0 Å². The third-order valence-corrected chi connectivity index (χ3v) is 3.12. The van der Waals surface area contributed by atoms with Crippen molar-refractivity contribution in [1.82, 2.24) is 0 Å². The Hall–Kier alpha value is -2.67. The van der Waals surface area contributed by atoms with Crippen LogP contribution in [0.1, 0.15) is 5.56 Å². The fourth-order valence-corrected chi connectivity index (χ4v) is 2.05. The number of nitro benzene ring substituents is 2. The molecule has 21 heavy (non-hydrogen) atoms. The predicted molar refractivity (Wildman–Crippen MR) is 78.5 cm³/mol. The van der Waals surface area contributed by atoms with E-state index in [1.54, 1.807) is 18.2 Å². The summed E-state index contributed by atoms with van der Waals surface area (Å²) in [7, 11) is 0. The molecule has 0 unspecified atom stereocenters. The highest BCUT2D eigenvalue weighted by atomic mass is 35.5. The molecule has 0 radical (unpaired) electrons. The number of para-hydroxylation sites is 1. The Morgan fingerprint density at radius 1 is 1.00 bits per heavy atom. The first-order chi connectivity index (χ1) is 9.99. The van der Waals surface area contributed by atoms with Gasteiger partial charge in [0.2, 0.25) is 0 Å². The van der Waals surface area contributed by atoms with Crippen molar-refractivity contribution < 1.29 is 9.85 Å². The summed E-state index contributed by atoms with van der Waals surface area (Å²) in [6.45, 7) is 0.214. The second-order valence-electron chi connectivity index (χ2n) is 4.16. The van der Waals surface area contributed by atoms with E-state index in [0.29, 0.717) is 11.3 Å². The van der Waals surface area contributed by atoms with Crippen molar-refractivity contribution in [2.45, 2.75) is 6.54 Å². The number of rotatable bonds is 5. The average Bonchev–Trinajstić information content (AvgIpc) is 2.45. The van der Waals surface area contributed by atoms with Crippen LogP contribution in [0.15, 0.2) is 42.5 Å². The maximum absolute atomic E-state index is 10.9. The lowest BCUT2D eigenvalue weighted by Gasteiger charge is -2.07. The van der Waals surface area contributed by atoms with Gasteiger partial charge in [-0.3, -0.25) is 20.2 Å². The molecule has 0 atom stereocenters. The highest BCUT2D eigenvalue weighted by molar-refractivity contribution is 6.32. The number of benzene rings is 2. The number of nitro groups is 2. The fraction of sp³-hybridized carbons (Fsp3) is 0.0769. The first-order valence-electron chi connectivity index (χ1n) is 5.89. The first kappa shape index (κ1) is 14.7. The molecule has 7 nitrogen and oxygen atoms in total. The smallest absolute Gasteiger partial charge is 0.288 e. The van der Waals surface area contributed by atoms with Crippen LogP contribution in [0.2, 0.25) is 5.02 Å². The van der Waals surface area contributed by atoms with Crippen molar-refractivity contribution >= 4 is 28.7 Å². The van der Waals surface area contributed by atoms with Crippen LogP contribution >= 0.6 is 11.6 Å². The topological polar surface area (TPSA) is 98.3 Å². The minimum Gasteiger partial charge on any atom is -0.381 e. The van der Waals surface area contributed by atoms with Gasteiger partial charge in [-0.2, -0.15) is 0 Å². The third kappa shape index (κ3) is 3.46. The molecule has 0 saturated carbocycles. The fourth-order valence-electron chi connectivity index (χ4n) is 1.80. The van der Waals surface area contributed by atoms with Gasteiger partial charge in [-0.05, 0) is 12.1 Å². The summed E-state index contributed by atoms with van der Waals surface area (Å²) < 4.78 is 0. The third-order valence-electron chi connectivity index (χ3n) is 2.82. The van der Waals surface area contributed by atoms with Gasteiger partial charge in [0.05, 0.1) is 9.85 Å². The summed E-state index contributed by atoms with van der Waals surface area (Å²) >= 11 is 5.80. The SMILES string of the molecule is O=[N+]([O-])c1ccc(NCc2ccccc2[N+](=O)[O-])cc1Cl. The zero-order chi connectivity index (χ0) is 15.4. The van der Waals surface area contributed by atoms with Crippen molar-refractivity contribution in [2.75, 3.05) is 5.32 Å². The quantitative estimate of drug-likeness (QED) is 0.669. The standard InChI is InChI=1S/C13H10ClN3O4/c14-11-7-10(5-6-13(11)17(20)21)15-8-9-3-1-2-4-12(9)16(18)19/h1-7,15H,8H2. The van der Waals surface area contributed by atoms with Crippen molar-refractivity contribution in [2.24, 2.45) is 0 Å². The second-order valence-corrected chi connectivity index (χ2v) is 4.57. The molecule has 0 aliphatic carbocycles. The molecule has 2 aromatic rings. The Morgan fingerprint density at radius 3 is 2.29 bits per heavy atom. The van der Waals surface area contributed by atoms with E-state index in [1.165, 1.54) is 24.3 Å². The van der Waals surface area contributed by atoms with Crippen LogP contribution in [0.5, 0.6) is 0 Å². The molecule has 2 aromatic carbocycles. The monoisotopic (exact) mass is 307 g/mol. The molecule has 0 heterocycles. The predicted octanol–water partition coefficient (Wildman–Crippen LogP) is 3.77. The van der Waals surface area contributed by atoms with Crippen molar-refractivity contribution in [3.63, 3.8) is 0 Å². The molecule has 2 rings (SSSR count). The molecule has 0 bridgehead atoms. The van der Waals surface area contributed by atoms with Crippen LogP contribution < -0.4 is 5.32 Å². The van der Waals surface area contributed by atoms with E-state index in [4.69, 9.17) is 11.6 Å². The van der Waals surface area contributed by atoms with Gasteiger partial charge < -0.3 is 5.32 Å². The van der Waals surface area contributed by atoms with Crippen molar-refractivity contribution in [3.8, 4) is 0 Å². The minimum absolute atomic E-state index is 0.00700. The first-order valence-corrected chi connectivity index (χ1v) is 6.27. The number of anilines is 1. The van der Waals surface area contributed by atoms with Gasteiger partial charge in [0.1, 0.15) is 5.02 Å². The maximum atomic E-state index is 10.9. The second kappa shape index (κ2) is 6.19. The minimum atomic E-state index is -0.575. The maximum Gasteiger partial charge on any atom is 0.288 e. The Bertz CT molecular complexity index is 706. The van der Waals surface area contributed by atoms with Gasteiger partial charge in [0.15, 0.2) is 0 Å². The molecule has 0 aliphatic rings. The van der Waals surface area contributed by atoms with Crippen LogP contribution in [-0.2, 0) is 6.54 Å². The van der Waals surface area contributed by atoms with E-state index in [0.717, 1.165) is 0 Å². The molecule has 0 saturated heterocycles. The summed E-state index contributed by atoms with van der Waals surface area (Å²) in [5.74, 6) is 0. The van der Waals surface area contributed by atoms with Gasteiger partial charge in [0, 0.05) is 29.9 Å². The van der Waals surface area contributed by atoms with Crippen LogP contribution in [0.3, 0.4) is 0 Å². The molecule has 0 fully saturated rings. The van der Waals surface area contributed by atoms with E-state index in [9.17, 15) is 20.2 Å². The summed E-state index contributed by atoms with van der Waals surface area (Å²) in [5.41, 5.74) is 0.881. The van der Waals surface area contributed by atoms with E-state index in [2.05, 4.69) is 5.32 Å². The Balaban J connectivity index is 2.16. The number of hydrogen-bond acceptors (Lipinski definition) is 5. The average molecular weight is 308 g/mol. The molecule has 108 valence electrons. The number of hydrogen-bond donors (Lipinski definition) is 1. The van der Waals surface area contributed by atoms with Gasteiger partial charge >= 0.3 is 0 Å². The molecule has 0 aliphatic heterocycles. The number of halogens is 1. The summed E-state index contributed by atoms with van der Waals surface area (Å²) in [5, 5.41) is 24.5. The molecule has 0 amide bonds. The van der Waals surface area contributed by atoms with Gasteiger partial charge in [-0.25, -0.2) is 0 Å². The van der Waals surface area contributed by atoms with Crippen LogP contribution in [-0.4, -0.2) is 9.85 Å². The molecule has 1 N–H and O–H groups in total. The Kier molecular flexibility index (Phi) is 4.34.